The van der Waals surface area contributed by atoms with E-state index >= 15 is 0 Å². The standard InChI is InChI=1S/C16H21F5S/c1-2-15-7-10-16(11-8-15,12-9-15)13-3-5-14(6-4-13)22(17,18,19,20)21/h3-6H,2,7-12H2,1H3. The van der Waals surface area contributed by atoms with Crippen LogP contribution in [0.3, 0.4) is 0 Å². The van der Waals surface area contributed by atoms with E-state index in [9.17, 15) is 19.4 Å². The molecule has 0 spiro atoms. The highest BCUT2D eigenvalue weighted by molar-refractivity contribution is 8.45. The van der Waals surface area contributed by atoms with Crippen molar-refractivity contribution in [3.8, 4) is 0 Å². The highest BCUT2D eigenvalue weighted by Gasteiger charge is 2.65. The lowest BCUT2D eigenvalue weighted by atomic mass is 9.51. The largest absolute Gasteiger partial charge is 0.310 e. The van der Waals surface area contributed by atoms with Crippen LogP contribution < -0.4 is 0 Å². The smallest absolute Gasteiger partial charge is 0.0936 e. The maximum absolute atomic E-state index is 12.8. The Morgan fingerprint density at radius 3 is 1.64 bits per heavy atom. The summed E-state index contributed by atoms with van der Waals surface area (Å²) in [5, 5.41) is 0. The van der Waals surface area contributed by atoms with Crippen LogP contribution in [0.25, 0.3) is 0 Å². The predicted molar refractivity (Wildman–Crippen MR) is 79.9 cm³/mol. The Morgan fingerprint density at radius 2 is 1.27 bits per heavy atom. The van der Waals surface area contributed by atoms with E-state index in [1.807, 2.05) is 0 Å². The van der Waals surface area contributed by atoms with Gasteiger partial charge in [-0.05, 0) is 67.1 Å². The molecule has 0 aliphatic heterocycles. The topological polar surface area (TPSA) is 0 Å². The van der Waals surface area contributed by atoms with Gasteiger partial charge in [0.2, 0.25) is 0 Å². The summed E-state index contributed by atoms with van der Waals surface area (Å²) in [5.74, 6) is 0. The second-order valence-corrected chi connectivity index (χ2v) is 9.54. The van der Waals surface area contributed by atoms with Crippen LogP contribution in [0.15, 0.2) is 29.2 Å². The molecule has 3 aliphatic rings. The fourth-order valence-electron chi connectivity index (χ4n) is 4.29. The van der Waals surface area contributed by atoms with E-state index in [4.69, 9.17) is 0 Å². The first-order valence-corrected chi connectivity index (χ1v) is 9.68. The molecule has 0 saturated heterocycles. The van der Waals surface area contributed by atoms with Crippen molar-refractivity contribution < 1.29 is 19.4 Å². The van der Waals surface area contributed by atoms with Gasteiger partial charge >= 0.3 is 10.2 Å². The zero-order valence-corrected chi connectivity index (χ0v) is 13.4. The second-order valence-electron chi connectivity index (χ2n) is 7.13. The molecule has 3 aliphatic carbocycles. The van der Waals surface area contributed by atoms with Crippen molar-refractivity contribution in [3.63, 3.8) is 0 Å². The SMILES string of the molecule is CCC12CCC(c3ccc(S(F)(F)(F)(F)F)cc3)(CC1)CC2. The molecular formula is C16H21F5S. The summed E-state index contributed by atoms with van der Waals surface area (Å²) in [6, 6.07) is 3.69. The lowest BCUT2D eigenvalue weighted by molar-refractivity contribution is 0.0366. The van der Waals surface area contributed by atoms with Gasteiger partial charge in [0.05, 0.1) is 0 Å². The van der Waals surface area contributed by atoms with E-state index in [0.29, 0.717) is 17.5 Å². The zero-order valence-electron chi connectivity index (χ0n) is 12.6. The minimum atomic E-state index is -9.56. The monoisotopic (exact) mass is 340 g/mol. The molecule has 0 atom stereocenters. The molecule has 3 fully saturated rings. The van der Waals surface area contributed by atoms with E-state index in [2.05, 4.69) is 6.92 Å². The van der Waals surface area contributed by atoms with Crippen molar-refractivity contribution in [2.75, 3.05) is 0 Å². The maximum atomic E-state index is 12.8. The van der Waals surface area contributed by atoms with Gasteiger partial charge in [-0.25, -0.2) is 0 Å². The van der Waals surface area contributed by atoms with Gasteiger partial charge in [-0.3, -0.25) is 0 Å². The Kier molecular flexibility index (Phi) is 2.92. The van der Waals surface area contributed by atoms with Crippen LogP contribution in [0, 0.1) is 5.41 Å². The average Bonchev–Trinajstić information content (AvgIpc) is 2.47. The van der Waals surface area contributed by atoms with Gasteiger partial charge in [0, 0.05) is 0 Å². The number of halogens is 5. The lowest BCUT2D eigenvalue weighted by Crippen LogP contribution is -2.43. The Morgan fingerprint density at radius 1 is 0.818 bits per heavy atom. The van der Waals surface area contributed by atoms with Gasteiger partial charge in [0.1, 0.15) is 4.90 Å². The molecule has 0 radical (unpaired) electrons. The third kappa shape index (κ3) is 2.63. The molecule has 1 aromatic carbocycles. The van der Waals surface area contributed by atoms with Crippen molar-refractivity contribution in [2.24, 2.45) is 5.41 Å². The van der Waals surface area contributed by atoms with Crippen molar-refractivity contribution in [1.82, 2.24) is 0 Å². The van der Waals surface area contributed by atoms with Gasteiger partial charge in [-0.1, -0.05) is 44.9 Å². The van der Waals surface area contributed by atoms with Crippen LogP contribution in [-0.4, -0.2) is 0 Å². The molecule has 0 unspecified atom stereocenters. The molecule has 2 bridgehead atoms. The summed E-state index contributed by atoms with van der Waals surface area (Å²) < 4.78 is 64.0. The molecule has 22 heavy (non-hydrogen) atoms. The highest BCUT2D eigenvalue weighted by atomic mass is 32.5. The van der Waals surface area contributed by atoms with Crippen LogP contribution >= 0.6 is 10.2 Å². The predicted octanol–water partition coefficient (Wildman–Crippen LogP) is 7.35. The van der Waals surface area contributed by atoms with E-state index in [0.717, 1.165) is 50.5 Å². The first-order valence-electron chi connectivity index (χ1n) is 7.73. The summed E-state index contributed by atoms with van der Waals surface area (Å²) >= 11 is 0. The molecule has 0 amide bonds. The van der Waals surface area contributed by atoms with E-state index in [-0.39, 0.29) is 5.41 Å². The summed E-state index contributed by atoms with van der Waals surface area (Å²) in [6.45, 7) is 2.20. The van der Waals surface area contributed by atoms with Crippen LogP contribution in [0.1, 0.15) is 57.4 Å². The third-order valence-electron chi connectivity index (χ3n) is 6.06. The minimum absolute atomic E-state index is 0.104. The van der Waals surface area contributed by atoms with Crippen LogP contribution in [0.2, 0.25) is 0 Å². The molecular weight excluding hydrogens is 319 g/mol. The first kappa shape index (κ1) is 16.1. The van der Waals surface area contributed by atoms with Crippen LogP contribution in [0.5, 0.6) is 0 Å². The third-order valence-corrected chi connectivity index (χ3v) is 7.23. The second kappa shape index (κ2) is 4.00. The van der Waals surface area contributed by atoms with E-state index < -0.39 is 15.1 Å². The number of hydrogen-bond acceptors (Lipinski definition) is 0. The van der Waals surface area contributed by atoms with Crippen molar-refractivity contribution in [3.05, 3.63) is 29.8 Å². The zero-order chi connectivity index (χ0) is 16.3. The Hall–Kier alpha value is -0.780. The van der Waals surface area contributed by atoms with E-state index in [1.165, 1.54) is 12.1 Å². The molecule has 3 saturated carbocycles. The summed E-state index contributed by atoms with van der Waals surface area (Å²) in [5.41, 5.74) is 1.10. The van der Waals surface area contributed by atoms with Crippen molar-refractivity contribution >= 4 is 10.2 Å². The normalized spacial score (nSPS) is 35.0. The van der Waals surface area contributed by atoms with Gasteiger partial charge in [-0.2, -0.15) is 0 Å². The summed E-state index contributed by atoms with van der Waals surface area (Å²) in [6.07, 6.45) is 7.28. The molecule has 6 heteroatoms. The minimum Gasteiger partial charge on any atom is -0.0936 e. The van der Waals surface area contributed by atoms with Gasteiger partial charge in [-0.15, -0.1) is 0 Å². The lowest BCUT2D eigenvalue weighted by Gasteiger charge is -2.54. The summed E-state index contributed by atoms with van der Waals surface area (Å²) in [4.78, 5) is -1.78. The van der Waals surface area contributed by atoms with Gasteiger partial charge in [0.25, 0.3) is 0 Å². The van der Waals surface area contributed by atoms with Crippen LogP contribution in [-0.2, 0) is 5.41 Å². The number of hydrogen-bond donors (Lipinski definition) is 0. The molecule has 126 valence electrons. The van der Waals surface area contributed by atoms with E-state index in [1.54, 1.807) is 0 Å². The maximum Gasteiger partial charge on any atom is 0.310 e. The molecule has 0 N–H and O–H groups in total. The molecule has 0 heterocycles. The van der Waals surface area contributed by atoms with Crippen molar-refractivity contribution in [1.29, 1.82) is 0 Å². The Balaban J connectivity index is 1.90. The highest BCUT2D eigenvalue weighted by Crippen LogP contribution is 3.02. The quantitative estimate of drug-likeness (QED) is 0.505. The Labute approximate surface area is 127 Å². The molecule has 0 nitrogen and oxygen atoms in total. The number of rotatable bonds is 3. The fraction of sp³-hybridized carbons (Fsp3) is 0.625. The number of fused-ring (bicyclic) bond motifs is 3. The molecule has 1 aromatic rings. The van der Waals surface area contributed by atoms with Gasteiger partial charge < -0.3 is 0 Å². The Bertz CT molecular complexity index is 563. The fourth-order valence-corrected chi connectivity index (χ4v) is 4.94. The van der Waals surface area contributed by atoms with Gasteiger partial charge in [0.15, 0.2) is 0 Å². The average molecular weight is 340 g/mol. The summed E-state index contributed by atoms with van der Waals surface area (Å²) in [7, 11) is -9.56. The molecule has 4 rings (SSSR count). The molecule has 0 aromatic heterocycles. The number of benzene rings is 1. The first-order chi connectivity index (χ1) is 9.88. The van der Waals surface area contributed by atoms with Crippen molar-refractivity contribution in [2.45, 2.75) is 62.2 Å². The van der Waals surface area contributed by atoms with Crippen LogP contribution in [0.4, 0.5) is 19.4 Å².